The summed E-state index contributed by atoms with van der Waals surface area (Å²) < 4.78 is 0. The van der Waals surface area contributed by atoms with Gasteiger partial charge in [0.1, 0.15) is 6.04 Å². The van der Waals surface area contributed by atoms with Crippen LogP contribution in [0.15, 0.2) is 18.2 Å². The van der Waals surface area contributed by atoms with Crippen molar-refractivity contribution < 1.29 is 9.72 Å². The van der Waals surface area contributed by atoms with Crippen LogP contribution >= 0.6 is 0 Å². The van der Waals surface area contributed by atoms with E-state index >= 15 is 0 Å². The van der Waals surface area contributed by atoms with Gasteiger partial charge in [-0.15, -0.1) is 0 Å². The molecule has 1 aliphatic carbocycles. The first-order valence-corrected chi connectivity index (χ1v) is 6.29. The molecule has 0 radical (unpaired) electrons. The molecule has 0 heterocycles. The Labute approximate surface area is 111 Å². The van der Waals surface area contributed by atoms with E-state index in [2.05, 4.69) is 10.6 Å². The van der Waals surface area contributed by atoms with Gasteiger partial charge in [-0.3, -0.25) is 14.9 Å². The zero-order valence-corrected chi connectivity index (χ0v) is 11.0. The Morgan fingerprint density at radius 3 is 2.74 bits per heavy atom. The molecule has 1 unspecified atom stereocenters. The summed E-state index contributed by atoms with van der Waals surface area (Å²) in [6.07, 6.45) is 2.07. The monoisotopic (exact) mass is 263 g/mol. The molecule has 0 bridgehead atoms. The molecular formula is C13H17N3O3. The molecule has 1 aromatic carbocycles. The van der Waals surface area contributed by atoms with Crippen LogP contribution < -0.4 is 10.6 Å². The van der Waals surface area contributed by atoms with Crippen molar-refractivity contribution >= 4 is 17.3 Å². The lowest BCUT2D eigenvalue weighted by Crippen LogP contribution is -2.38. The van der Waals surface area contributed by atoms with E-state index in [9.17, 15) is 14.9 Å². The molecule has 0 aromatic heterocycles. The van der Waals surface area contributed by atoms with Crippen LogP contribution in [0, 0.1) is 17.0 Å². The van der Waals surface area contributed by atoms with Crippen LogP contribution in [-0.4, -0.2) is 22.9 Å². The van der Waals surface area contributed by atoms with E-state index in [0.717, 1.165) is 18.4 Å². The van der Waals surface area contributed by atoms with Crippen LogP contribution in [0.2, 0.25) is 0 Å². The third-order valence-corrected chi connectivity index (χ3v) is 3.12. The van der Waals surface area contributed by atoms with Gasteiger partial charge < -0.3 is 10.6 Å². The van der Waals surface area contributed by atoms with Crippen LogP contribution in [0.4, 0.5) is 11.4 Å². The van der Waals surface area contributed by atoms with Crippen LogP contribution in [0.3, 0.4) is 0 Å². The number of nitro groups is 1. The predicted molar refractivity (Wildman–Crippen MR) is 72.1 cm³/mol. The van der Waals surface area contributed by atoms with E-state index in [1.807, 2.05) is 6.92 Å². The standard InChI is InChI=1S/C13H17N3O3/c1-8-3-6-11(16(18)19)7-12(8)14-9(2)13(17)15-10-4-5-10/h3,6-7,9-10,14H,4-5H2,1-2H3,(H,15,17). The molecule has 1 saturated carbocycles. The van der Waals surface area contributed by atoms with E-state index in [-0.39, 0.29) is 11.6 Å². The van der Waals surface area contributed by atoms with Crippen molar-refractivity contribution in [3.8, 4) is 0 Å². The number of anilines is 1. The number of nitro benzene ring substituents is 1. The number of hydrogen-bond acceptors (Lipinski definition) is 4. The largest absolute Gasteiger partial charge is 0.373 e. The van der Waals surface area contributed by atoms with Crippen molar-refractivity contribution in [2.24, 2.45) is 0 Å². The summed E-state index contributed by atoms with van der Waals surface area (Å²) in [6.45, 7) is 3.59. The Bertz CT molecular complexity index is 512. The van der Waals surface area contributed by atoms with Gasteiger partial charge in [-0.2, -0.15) is 0 Å². The van der Waals surface area contributed by atoms with E-state index < -0.39 is 11.0 Å². The van der Waals surface area contributed by atoms with Crippen LogP contribution in [0.5, 0.6) is 0 Å². The number of amides is 1. The summed E-state index contributed by atoms with van der Waals surface area (Å²) in [4.78, 5) is 22.1. The van der Waals surface area contributed by atoms with Crippen molar-refractivity contribution in [2.75, 3.05) is 5.32 Å². The van der Waals surface area contributed by atoms with Crippen LogP contribution in [0.1, 0.15) is 25.3 Å². The number of aryl methyl sites for hydroxylation is 1. The number of benzene rings is 1. The first kappa shape index (κ1) is 13.3. The Kier molecular flexibility index (Phi) is 3.69. The third kappa shape index (κ3) is 3.43. The maximum atomic E-state index is 11.8. The minimum Gasteiger partial charge on any atom is -0.373 e. The zero-order valence-electron chi connectivity index (χ0n) is 11.0. The molecule has 0 aliphatic heterocycles. The summed E-state index contributed by atoms with van der Waals surface area (Å²) in [7, 11) is 0. The molecule has 2 N–H and O–H groups in total. The van der Waals surface area contributed by atoms with Gasteiger partial charge in [0.2, 0.25) is 5.91 Å². The van der Waals surface area contributed by atoms with E-state index in [4.69, 9.17) is 0 Å². The highest BCUT2D eigenvalue weighted by Gasteiger charge is 2.25. The van der Waals surface area contributed by atoms with Gasteiger partial charge in [0, 0.05) is 23.9 Å². The minimum absolute atomic E-state index is 0.0166. The number of hydrogen-bond donors (Lipinski definition) is 2. The molecule has 1 aromatic rings. The second kappa shape index (κ2) is 5.26. The molecule has 1 aliphatic rings. The van der Waals surface area contributed by atoms with Gasteiger partial charge >= 0.3 is 0 Å². The van der Waals surface area contributed by atoms with Gasteiger partial charge in [0.05, 0.1) is 4.92 Å². The van der Waals surface area contributed by atoms with Gasteiger partial charge in [-0.05, 0) is 32.3 Å². The number of non-ortho nitro benzene ring substituents is 1. The van der Waals surface area contributed by atoms with Crippen molar-refractivity contribution in [2.45, 2.75) is 38.8 Å². The topological polar surface area (TPSA) is 84.3 Å². The summed E-state index contributed by atoms with van der Waals surface area (Å²) in [5.41, 5.74) is 1.51. The second-order valence-corrected chi connectivity index (χ2v) is 4.91. The Hall–Kier alpha value is -2.11. The smallest absolute Gasteiger partial charge is 0.271 e. The first-order valence-electron chi connectivity index (χ1n) is 6.29. The molecular weight excluding hydrogens is 246 g/mol. The molecule has 102 valence electrons. The maximum absolute atomic E-state index is 11.8. The van der Waals surface area contributed by atoms with Gasteiger partial charge in [0.15, 0.2) is 0 Å². The molecule has 1 atom stereocenters. The van der Waals surface area contributed by atoms with Gasteiger partial charge in [-0.25, -0.2) is 0 Å². The Morgan fingerprint density at radius 2 is 2.16 bits per heavy atom. The number of rotatable bonds is 5. The third-order valence-electron chi connectivity index (χ3n) is 3.12. The highest BCUT2D eigenvalue weighted by molar-refractivity contribution is 5.85. The van der Waals surface area contributed by atoms with Crippen molar-refractivity contribution in [1.29, 1.82) is 0 Å². The summed E-state index contributed by atoms with van der Waals surface area (Å²) >= 11 is 0. The molecule has 0 saturated heterocycles. The Morgan fingerprint density at radius 1 is 1.47 bits per heavy atom. The molecule has 1 amide bonds. The fourth-order valence-corrected chi connectivity index (χ4v) is 1.73. The van der Waals surface area contributed by atoms with E-state index in [1.165, 1.54) is 12.1 Å². The van der Waals surface area contributed by atoms with Gasteiger partial charge in [0.25, 0.3) is 5.69 Å². The molecule has 0 spiro atoms. The lowest BCUT2D eigenvalue weighted by Gasteiger charge is -2.16. The summed E-state index contributed by atoms with van der Waals surface area (Å²) in [6, 6.07) is 4.47. The number of carbonyl (C=O) groups excluding carboxylic acids is 1. The molecule has 6 nitrogen and oxygen atoms in total. The minimum atomic E-state index is -0.445. The van der Waals surface area contributed by atoms with E-state index in [1.54, 1.807) is 13.0 Å². The maximum Gasteiger partial charge on any atom is 0.271 e. The Balaban J connectivity index is 2.06. The fourth-order valence-electron chi connectivity index (χ4n) is 1.73. The highest BCUT2D eigenvalue weighted by Crippen LogP contribution is 2.23. The molecule has 19 heavy (non-hydrogen) atoms. The van der Waals surface area contributed by atoms with Crippen LogP contribution in [-0.2, 0) is 4.79 Å². The average molecular weight is 263 g/mol. The number of nitrogens with zero attached hydrogens (tertiary/aromatic N) is 1. The average Bonchev–Trinajstić information content (AvgIpc) is 3.15. The van der Waals surface area contributed by atoms with Crippen LogP contribution in [0.25, 0.3) is 0 Å². The lowest BCUT2D eigenvalue weighted by atomic mass is 10.1. The molecule has 2 rings (SSSR count). The molecule has 6 heteroatoms. The zero-order chi connectivity index (χ0) is 14.0. The number of carbonyl (C=O) groups is 1. The molecule has 1 fully saturated rings. The summed E-state index contributed by atoms with van der Waals surface area (Å²) in [5.74, 6) is -0.0755. The fraction of sp³-hybridized carbons (Fsp3) is 0.462. The normalized spacial score (nSPS) is 15.7. The second-order valence-electron chi connectivity index (χ2n) is 4.91. The predicted octanol–water partition coefficient (Wildman–Crippen LogP) is 1.98. The van der Waals surface area contributed by atoms with Crippen molar-refractivity contribution in [3.05, 3.63) is 33.9 Å². The summed E-state index contributed by atoms with van der Waals surface area (Å²) in [5, 5.41) is 16.7. The van der Waals surface area contributed by atoms with Crippen molar-refractivity contribution in [1.82, 2.24) is 5.32 Å². The lowest BCUT2D eigenvalue weighted by molar-refractivity contribution is -0.384. The van der Waals surface area contributed by atoms with E-state index in [0.29, 0.717) is 11.7 Å². The highest BCUT2D eigenvalue weighted by atomic mass is 16.6. The number of nitrogens with one attached hydrogen (secondary N) is 2. The first-order chi connectivity index (χ1) is 8.97. The van der Waals surface area contributed by atoms with Crippen molar-refractivity contribution in [3.63, 3.8) is 0 Å². The SMILES string of the molecule is Cc1ccc([N+](=O)[O-])cc1NC(C)C(=O)NC1CC1. The quantitative estimate of drug-likeness (QED) is 0.628. The van der Waals surface area contributed by atoms with Gasteiger partial charge in [-0.1, -0.05) is 6.07 Å².